The molecule has 1 aliphatic rings. The fraction of sp³-hybridized carbons (Fsp3) is 0.533. The van der Waals surface area contributed by atoms with E-state index in [4.69, 9.17) is 9.47 Å². The Labute approximate surface area is 124 Å². The van der Waals surface area contributed by atoms with Gasteiger partial charge < -0.3 is 19.9 Å². The Balaban J connectivity index is 2.10. The average Bonchev–Trinajstić information content (AvgIpc) is 2.50. The topological polar surface area (TPSA) is 71.0 Å². The van der Waals surface area contributed by atoms with Gasteiger partial charge in [-0.05, 0) is 24.6 Å². The van der Waals surface area contributed by atoms with Crippen molar-refractivity contribution in [2.24, 2.45) is 0 Å². The molecule has 1 saturated heterocycles. The molecule has 0 radical (unpaired) electrons. The van der Waals surface area contributed by atoms with Crippen LogP contribution in [0.3, 0.4) is 0 Å². The van der Waals surface area contributed by atoms with Crippen molar-refractivity contribution < 1.29 is 19.4 Å². The first kappa shape index (κ1) is 15.6. The summed E-state index contributed by atoms with van der Waals surface area (Å²) in [5, 5.41) is 12.8. The van der Waals surface area contributed by atoms with Crippen LogP contribution >= 0.6 is 0 Å². The van der Waals surface area contributed by atoms with Crippen LogP contribution < -0.4 is 10.1 Å². The third kappa shape index (κ3) is 3.86. The van der Waals surface area contributed by atoms with Gasteiger partial charge in [-0.15, -0.1) is 0 Å². The number of phenolic OH excluding ortho intramolecular Hbond substituents is 1. The van der Waals surface area contributed by atoms with Crippen LogP contribution in [0.2, 0.25) is 0 Å². The van der Waals surface area contributed by atoms with E-state index in [1.807, 2.05) is 13.0 Å². The fourth-order valence-electron chi connectivity index (χ4n) is 2.46. The monoisotopic (exact) mass is 294 g/mol. The molecule has 1 aromatic rings. The molecule has 0 aliphatic carbocycles. The molecular weight excluding hydrogens is 272 g/mol. The van der Waals surface area contributed by atoms with Gasteiger partial charge in [0, 0.05) is 26.2 Å². The first-order valence-electron chi connectivity index (χ1n) is 7.13. The summed E-state index contributed by atoms with van der Waals surface area (Å²) in [6.45, 7) is 5.01. The van der Waals surface area contributed by atoms with Gasteiger partial charge in [-0.25, -0.2) is 0 Å². The molecular formula is C15H22N2O4. The van der Waals surface area contributed by atoms with Crippen LogP contribution in [-0.4, -0.2) is 55.4 Å². The van der Waals surface area contributed by atoms with E-state index >= 15 is 0 Å². The maximum Gasteiger partial charge on any atom is 0.324 e. The highest BCUT2D eigenvalue weighted by atomic mass is 16.5. The molecule has 0 bridgehead atoms. The number of methoxy groups -OCH3 is 1. The van der Waals surface area contributed by atoms with E-state index in [1.165, 1.54) is 7.11 Å². The number of rotatable bonds is 5. The number of nitrogens with one attached hydrogen (secondary N) is 1. The second-order valence-electron chi connectivity index (χ2n) is 4.95. The van der Waals surface area contributed by atoms with Crippen molar-refractivity contribution >= 4 is 5.97 Å². The Morgan fingerprint density at radius 1 is 1.52 bits per heavy atom. The number of piperazine rings is 1. The van der Waals surface area contributed by atoms with Crippen LogP contribution in [0.4, 0.5) is 0 Å². The van der Waals surface area contributed by atoms with E-state index in [-0.39, 0.29) is 17.8 Å². The first-order chi connectivity index (χ1) is 10.2. The zero-order chi connectivity index (χ0) is 15.2. The summed E-state index contributed by atoms with van der Waals surface area (Å²) in [5.41, 5.74) is 0.987. The van der Waals surface area contributed by atoms with E-state index in [0.29, 0.717) is 25.4 Å². The molecule has 6 heteroatoms. The number of phenols is 1. The van der Waals surface area contributed by atoms with Crippen molar-refractivity contribution in [1.29, 1.82) is 0 Å². The van der Waals surface area contributed by atoms with Crippen molar-refractivity contribution in [3.05, 3.63) is 23.8 Å². The van der Waals surface area contributed by atoms with Gasteiger partial charge in [0.15, 0.2) is 11.5 Å². The molecule has 0 aromatic heterocycles. The first-order valence-corrected chi connectivity index (χ1v) is 7.13. The predicted molar refractivity (Wildman–Crippen MR) is 78.4 cm³/mol. The normalized spacial score (nSPS) is 19.2. The van der Waals surface area contributed by atoms with Crippen LogP contribution in [0.15, 0.2) is 18.2 Å². The summed E-state index contributed by atoms with van der Waals surface area (Å²) in [7, 11) is 1.52. The largest absolute Gasteiger partial charge is 0.504 e. The number of hydrogen-bond donors (Lipinski definition) is 2. The van der Waals surface area contributed by atoms with Crippen molar-refractivity contribution in [3.63, 3.8) is 0 Å². The SMILES string of the molecule is CCOC(=O)C1CNCCN1Cc1ccc(O)c(OC)c1. The van der Waals surface area contributed by atoms with E-state index < -0.39 is 0 Å². The molecule has 0 saturated carbocycles. The summed E-state index contributed by atoms with van der Waals surface area (Å²) >= 11 is 0. The standard InChI is InChI=1S/C15H22N2O4/c1-3-21-15(19)12-9-16-6-7-17(12)10-11-4-5-13(18)14(8-11)20-2/h4-5,8,12,16,18H,3,6-7,9-10H2,1-2H3. The van der Waals surface area contributed by atoms with Crippen molar-refractivity contribution in [3.8, 4) is 11.5 Å². The molecule has 21 heavy (non-hydrogen) atoms. The van der Waals surface area contributed by atoms with Gasteiger partial charge in [0.05, 0.1) is 13.7 Å². The highest BCUT2D eigenvalue weighted by Gasteiger charge is 2.29. The van der Waals surface area contributed by atoms with Crippen LogP contribution in [0.5, 0.6) is 11.5 Å². The van der Waals surface area contributed by atoms with Crippen molar-refractivity contribution in [2.75, 3.05) is 33.4 Å². The maximum absolute atomic E-state index is 12.0. The Bertz CT molecular complexity index is 493. The highest BCUT2D eigenvalue weighted by molar-refractivity contribution is 5.76. The number of benzene rings is 1. The second-order valence-corrected chi connectivity index (χ2v) is 4.95. The van der Waals surface area contributed by atoms with E-state index in [0.717, 1.165) is 18.7 Å². The van der Waals surface area contributed by atoms with Crippen molar-refractivity contribution in [1.82, 2.24) is 10.2 Å². The van der Waals surface area contributed by atoms with E-state index in [2.05, 4.69) is 10.2 Å². The third-order valence-electron chi connectivity index (χ3n) is 3.54. The lowest BCUT2D eigenvalue weighted by molar-refractivity contribution is -0.150. The van der Waals surface area contributed by atoms with Gasteiger partial charge >= 0.3 is 5.97 Å². The molecule has 1 heterocycles. The molecule has 1 fully saturated rings. The molecule has 1 atom stereocenters. The van der Waals surface area contributed by atoms with Gasteiger partial charge in [0.1, 0.15) is 6.04 Å². The lowest BCUT2D eigenvalue weighted by atomic mass is 10.1. The zero-order valence-corrected chi connectivity index (χ0v) is 12.5. The number of hydrogen-bond acceptors (Lipinski definition) is 6. The number of carbonyl (C=O) groups excluding carboxylic acids is 1. The second kappa shape index (κ2) is 7.28. The summed E-state index contributed by atoms with van der Waals surface area (Å²) < 4.78 is 10.2. The molecule has 2 N–H and O–H groups in total. The number of esters is 1. The van der Waals surface area contributed by atoms with Gasteiger partial charge in [-0.1, -0.05) is 6.07 Å². The van der Waals surface area contributed by atoms with Crippen molar-refractivity contribution in [2.45, 2.75) is 19.5 Å². The zero-order valence-electron chi connectivity index (χ0n) is 12.5. The van der Waals surface area contributed by atoms with Gasteiger partial charge in [-0.3, -0.25) is 9.69 Å². The Hall–Kier alpha value is -1.79. The van der Waals surface area contributed by atoms with E-state index in [1.54, 1.807) is 12.1 Å². The van der Waals surface area contributed by atoms with Gasteiger partial charge in [-0.2, -0.15) is 0 Å². The average molecular weight is 294 g/mol. The maximum atomic E-state index is 12.0. The van der Waals surface area contributed by atoms with Gasteiger partial charge in [0.2, 0.25) is 0 Å². The molecule has 1 aliphatic heterocycles. The Kier molecular flexibility index (Phi) is 5.41. The van der Waals surface area contributed by atoms with Gasteiger partial charge in [0.25, 0.3) is 0 Å². The molecule has 0 spiro atoms. The molecule has 1 aromatic carbocycles. The number of carbonyl (C=O) groups is 1. The molecule has 116 valence electrons. The van der Waals surface area contributed by atoms with E-state index in [9.17, 15) is 9.90 Å². The highest BCUT2D eigenvalue weighted by Crippen LogP contribution is 2.27. The quantitative estimate of drug-likeness (QED) is 0.781. The summed E-state index contributed by atoms with van der Waals surface area (Å²) in [6.07, 6.45) is 0. The minimum absolute atomic E-state index is 0.114. The lowest BCUT2D eigenvalue weighted by Gasteiger charge is -2.34. The number of ether oxygens (including phenoxy) is 2. The molecule has 6 nitrogen and oxygen atoms in total. The molecule has 0 amide bonds. The fourth-order valence-corrected chi connectivity index (χ4v) is 2.46. The van der Waals surface area contributed by atoms with Crippen LogP contribution in [0, 0.1) is 0 Å². The third-order valence-corrected chi connectivity index (χ3v) is 3.54. The van der Waals surface area contributed by atoms with Crippen LogP contribution in [-0.2, 0) is 16.1 Å². The van der Waals surface area contributed by atoms with Crippen LogP contribution in [0.1, 0.15) is 12.5 Å². The summed E-state index contributed by atoms with van der Waals surface area (Å²) in [4.78, 5) is 14.1. The smallest absolute Gasteiger partial charge is 0.324 e. The minimum Gasteiger partial charge on any atom is -0.504 e. The molecule has 1 unspecified atom stereocenters. The number of aromatic hydroxyl groups is 1. The Morgan fingerprint density at radius 3 is 3.05 bits per heavy atom. The minimum atomic E-state index is -0.279. The number of nitrogens with zero attached hydrogens (tertiary/aromatic N) is 1. The summed E-state index contributed by atoms with van der Waals surface area (Å²) in [5.74, 6) is 0.356. The summed E-state index contributed by atoms with van der Waals surface area (Å²) in [6, 6.07) is 4.95. The molecule has 2 rings (SSSR count). The predicted octanol–water partition coefficient (Wildman–Crippen LogP) is 0.738. The van der Waals surface area contributed by atoms with Crippen LogP contribution in [0.25, 0.3) is 0 Å². The Morgan fingerprint density at radius 2 is 2.33 bits per heavy atom. The lowest BCUT2D eigenvalue weighted by Crippen LogP contribution is -2.54.